The molecule has 10 heteroatoms. The number of amidine groups is 1. The molecule has 218 valence electrons. The van der Waals surface area contributed by atoms with Crippen molar-refractivity contribution in [2.75, 3.05) is 51.4 Å². The number of phenols is 1. The van der Waals surface area contributed by atoms with Gasteiger partial charge in [-0.25, -0.2) is 14.8 Å². The SMILES string of the molecule is C=CN=C(/N=C(\CF)N1CCOCC1)N/N=C/C(/C=C\CNc1cccc(-c2cccc(O)c2)c1)=NCC(C)CC. The van der Waals surface area contributed by atoms with Gasteiger partial charge in [-0.3, -0.25) is 4.99 Å². The van der Waals surface area contributed by atoms with E-state index in [0.29, 0.717) is 51.0 Å². The molecule has 0 radical (unpaired) electrons. The van der Waals surface area contributed by atoms with E-state index in [2.05, 4.69) is 46.3 Å². The summed E-state index contributed by atoms with van der Waals surface area (Å²) in [6.45, 7) is 10.6. The van der Waals surface area contributed by atoms with Crippen molar-refractivity contribution < 1.29 is 14.2 Å². The number of rotatable bonds is 12. The highest BCUT2D eigenvalue weighted by molar-refractivity contribution is 6.35. The van der Waals surface area contributed by atoms with Gasteiger partial charge in [-0.2, -0.15) is 10.1 Å². The number of nitrogens with zero attached hydrogens (tertiary/aromatic N) is 5. The lowest BCUT2D eigenvalue weighted by atomic mass is 10.0. The number of halogens is 1. The molecule has 1 fully saturated rings. The van der Waals surface area contributed by atoms with E-state index in [1.807, 2.05) is 53.5 Å². The lowest BCUT2D eigenvalue weighted by Crippen LogP contribution is -2.42. The third-order valence-corrected chi connectivity index (χ3v) is 6.34. The number of aromatic hydroxyl groups is 1. The molecule has 0 spiro atoms. The van der Waals surface area contributed by atoms with Crippen LogP contribution < -0.4 is 10.7 Å². The van der Waals surface area contributed by atoms with Crippen LogP contribution in [0.2, 0.25) is 0 Å². The number of benzene rings is 2. The van der Waals surface area contributed by atoms with Crippen LogP contribution in [0.5, 0.6) is 5.75 Å². The first-order valence-electron chi connectivity index (χ1n) is 13.8. The summed E-state index contributed by atoms with van der Waals surface area (Å²) in [5.74, 6) is 1.07. The number of morpholine rings is 1. The van der Waals surface area contributed by atoms with Crippen molar-refractivity contribution in [2.45, 2.75) is 20.3 Å². The molecule has 9 nitrogen and oxygen atoms in total. The molecule has 3 rings (SSSR count). The topological polar surface area (TPSA) is 106 Å². The van der Waals surface area contributed by atoms with E-state index in [9.17, 15) is 9.50 Å². The van der Waals surface area contributed by atoms with Gasteiger partial charge in [0.15, 0.2) is 0 Å². The average molecular weight is 562 g/mol. The highest BCUT2D eigenvalue weighted by Crippen LogP contribution is 2.25. The number of ether oxygens (including phenoxy) is 1. The average Bonchev–Trinajstić information content (AvgIpc) is 3.00. The van der Waals surface area contributed by atoms with Gasteiger partial charge in [-0.1, -0.05) is 57.2 Å². The Balaban J connectivity index is 1.65. The van der Waals surface area contributed by atoms with Gasteiger partial charge in [-0.05, 0) is 47.4 Å². The van der Waals surface area contributed by atoms with E-state index in [0.717, 1.165) is 23.2 Å². The predicted octanol–water partition coefficient (Wildman–Crippen LogP) is 5.29. The number of hydrogen-bond donors (Lipinski definition) is 3. The van der Waals surface area contributed by atoms with Crippen LogP contribution in [-0.2, 0) is 4.74 Å². The quantitative estimate of drug-likeness (QED) is 0.186. The Morgan fingerprint density at radius 2 is 1.93 bits per heavy atom. The van der Waals surface area contributed by atoms with Crippen molar-refractivity contribution in [2.24, 2.45) is 26.0 Å². The minimum absolute atomic E-state index is 0.133. The Bertz CT molecular complexity index is 1270. The van der Waals surface area contributed by atoms with Crippen LogP contribution in [0, 0.1) is 5.92 Å². The number of hydrogen-bond acceptors (Lipinski definition) is 6. The molecule has 1 heterocycles. The number of alkyl halides is 1. The number of allylic oxidation sites excluding steroid dienone is 1. The summed E-state index contributed by atoms with van der Waals surface area (Å²) in [5, 5.41) is 17.5. The summed E-state index contributed by atoms with van der Waals surface area (Å²) in [6, 6.07) is 15.2. The first-order valence-corrected chi connectivity index (χ1v) is 13.8. The van der Waals surface area contributed by atoms with Gasteiger partial charge in [0.1, 0.15) is 18.3 Å². The second-order valence-electron chi connectivity index (χ2n) is 9.46. The molecule has 1 aliphatic heterocycles. The summed E-state index contributed by atoms with van der Waals surface area (Å²) in [7, 11) is 0. The number of phenolic OH excluding ortho intramolecular Hbond substituents is 1. The van der Waals surface area contributed by atoms with Crippen molar-refractivity contribution in [3.63, 3.8) is 0 Å². The van der Waals surface area contributed by atoms with Crippen LogP contribution in [0.25, 0.3) is 11.1 Å². The van der Waals surface area contributed by atoms with Gasteiger partial charge in [0, 0.05) is 38.1 Å². The number of aliphatic imine (C=N–C) groups is 3. The molecule has 1 aliphatic rings. The molecule has 3 N–H and O–H groups in total. The predicted molar refractivity (Wildman–Crippen MR) is 168 cm³/mol. The standard InChI is InChI=1S/C31H40FN7O2/c1-4-24(3)22-35-28(23-36-38-31(33-5-2)37-30(21-32)39-15-17-41-18-16-39)12-8-14-34-27-11-6-9-25(19-27)26-10-7-13-29(40)20-26/h5-13,19-20,23-24,34,40H,2,4,14-18,21-22H2,1,3H3,(H,33,38)/b12-8-,35-28?,36-23+,37-30+. The zero-order valence-electron chi connectivity index (χ0n) is 23.8. The summed E-state index contributed by atoms with van der Waals surface area (Å²) >= 11 is 0. The largest absolute Gasteiger partial charge is 0.508 e. The maximum absolute atomic E-state index is 13.7. The molecule has 0 amide bonds. The van der Waals surface area contributed by atoms with Gasteiger partial charge in [0.2, 0.25) is 5.96 Å². The molecule has 2 aromatic carbocycles. The molecular weight excluding hydrogens is 521 g/mol. The Kier molecular flexibility index (Phi) is 13.2. The van der Waals surface area contributed by atoms with Crippen LogP contribution in [0.1, 0.15) is 20.3 Å². The lowest BCUT2D eigenvalue weighted by Gasteiger charge is -2.28. The summed E-state index contributed by atoms with van der Waals surface area (Å²) in [5.41, 5.74) is 6.37. The fraction of sp³-hybridized carbons (Fsp3) is 0.355. The van der Waals surface area contributed by atoms with E-state index in [1.165, 1.54) is 6.20 Å². The minimum atomic E-state index is -0.727. The van der Waals surface area contributed by atoms with Gasteiger partial charge >= 0.3 is 0 Å². The molecular formula is C31H40FN7O2. The third kappa shape index (κ3) is 11.0. The Hall–Kier alpha value is -4.31. The molecule has 41 heavy (non-hydrogen) atoms. The zero-order chi connectivity index (χ0) is 29.3. The number of guanidine groups is 1. The third-order valence-electron chi connectivity index (χ3n) is 6.34. The first kappa shape index (κ1) is 31.2. The highest BCUT2D eigenvalue weighted by atomic mass is 19.1. The highest BCUT2D eigenvalue weighted by Gasteiger charge is 2.15. The monoisotopic (exact) mass is 561 g/mol. The fourth-order valence-electron chi connectivity index (χ4n) is 3.83. The van der Waals surface area contributed by atoms with Gasteiger partial charge in [-0.15, -0.1) is 0 Å². The second kappa shape index (κ2) is 17.4. The van der Waals surface area contributed by atoms with E-state index in [1.54, 1.807) is 18.3 Å². The molecule has 1 saturated heterocycles. The van der Waals surface area contributed by atoms with Crippen LogP contribution in [0.4, 0.5) is 10.1 Å². The van der Waals surface area contributed by atoms with Crippen LogP contribution >= 0.6 is 0 Å². The molecule has 2 aromatic rings. The van der Waals surface area contributed by atoms with Crippen molar-refractivity contribution in [3.8, 4) is 16.9 Å². The Morgan fingerprint density at radius 1 is 1.17 bits per heavy atom. The maximum atomic E-state index is 13.7. The van der Waals surface area contributed by atoms with Crippen molar-refractivity contribution >= 4 is 29.4 Å². The minimum Gasteiger partial charge on any atom is -0.508 e. The molecule has 0 aliphatic carbocycles. The van der Waals surface area contributed by atoms with E-state index in [4.69, 9.17) is 9.73 Å². The number of hydrazone groups is 1. The summed E-state index contributed by atoms with van der Waals surface area (Å²) < 4.78 is 19.1. The van der Waals surface area contributed by atoms with E-state index >= 15 is 0 Å². The maximum Gasteiger partial charge on any atom is 0.245 e. The summed E-state index contributed by atoms with van der Waals surface area (Å²) in [6.07, 6.45) is 7.81. The molecule has 0 aromatic heterocycles. The Labute approximate surface area is 242 Å². The van der Waals surface area contributed by atoms with Crippen LogP contribution in [-0.4, -0.2) is 79.8 Å². The van der Waals surface area contributed by atoms with Crippen molar-refractivity contribution in [1.82, 2.24) is 10.3 Å². The fourth-order valence-corrected chi connectivity index (χ4v) is 3.83. The molecule has 1 unspecified atom stereocenters. The van der Waals surface area contributed by atoms with E-state index in [-0.39, 0.29) is 17.5 Å². The summed E-state index contributed by atoms with van der Waals surface area (Å²) in [4.78, 5) is 15.0. The van der Waals surface area contributed by atoms with Gasteiger partial charge < -0.3 is 20.1 Å². The second-order valence-corrected chi connectivity index (χ2v) is 9.46. The Morgan fingerprint density at radius 3 is 2.63 bits per heavy atom. The van der Waals surface area contributed by atoms with Crippen LogP contribution in [0.15, 0.2) is 93.5 Å². The lowest BCUT2D eigenvalue weighted by molar-refractivity contribution is 0.0668. The number of nitrogens with one attached hydrogen (secondary N) is 2. The smallest absolute Gasteiger partial charge is 0.245 e. The molecule has 1 atom stereocenters. The van der Waals surface area contributed by atoms with Crippen molar-refractivity contribution in [3.05, 3.63) is 73.5 Å². The normalized spacial score (nSPS) is 15.9. The van der Waals surface area contributed by atoms with Crippen molar-refractivity contribution in [1.29, 1.82) is 0 Å². The molecule has 0 bridgehead atoms. The van der Waals surface area contributed by atoms with Gasteiger partial charge in [0.05, 0.1) is 25.1 Å². The van der Waals surface area contributed by atoms with E-state index < -0.39 is 6.67 Å². The van der Waals surface area contributed by atoms with Gasteiger partial charge in [0.25, 0.3) is 0 Å². The number of anilines is 1. The first-order chi connectivity index (χ1) is 20.0. The zero-order valence-corrected chi connectivity index (χ0v) is 23.8. The van der Waals surface area contributed by atoms with Crippen LogP contribution in [0.3, 0.4) is 0 Å². The molecule has 0 saturated carbocycles.